The fourth-order valence-electron chi connectivity index (χ4n) is 1.54. The van der Waals surface area contributed by atoms with Gasteiger partial charge >= 0.3 is 0 Å². The zero-order valence-electron chi connectivity index (χ0n) is 8.13. The van der Waals surface area contributed by atoms with Crippen molar-refractivity contribution in [1.29, 1.82) is 0 Å². The molecule has 14 heavy (non-hydrogen) atoms. The van der Waals surface area contributed by atoms with Crippen LogP contribution in [-0.4, -0.2) is 6.26 Å². The summed E-state index contributed by atoms with van der Waals surface area (Å²) >= 11 is 9.48. The number of hydrogen-bond acceptors (Lipinski definition) is 2. The quantitative estimate of drug-likeness (QED) is 0.679. The minimum absolute atomic E-state index is 0.882. The molecule has 0 fully saturated rings. The Balaban J connectivity index is 2.72. The van der Waals surface area contributed by atoms with Gasteiger partial charge in [-0.05, 0) is 41.8 Å². The Hall–Kier alpha value is -0.180. The summed E-state index contributed by atoms with van der Waals surface area (Å²) in [6.07, 6.45) is 3.18. The molecule has 1 heterocycles. The van der Waals surface area contributed by atoms with Crippen LogP contribution in [0.1, 0.15) is 12.5 Å². The Morgan fingerprint density at radius 3 is 2.79 bits per heavy atom. The Bertz CT molecular complexity index is 460. The summed E-state index contributed by atoms with van der Waals surface area (Å²) in [7, 11) is 0. The van der Waals surface area contributed by atoms with Crippen LogP contribution in [-0.2, 0) is 6.42 Å². The van der Waals surface area contributed by atoms with E-state index in [1.165, 1.54) is 20.5 Å². The highest BCUT2D eigenvalue weighted by atomic mass is 35.5. The molecule has 0 aliphatic carbocycles. The van der Waals surface area contributed by atoms with Crippen molar-refractivity contribution in [2.45, 2.75) is 18.2 Å². The molecule has 0 aliphatic rings. The van der Waals surface area contributed by atoms with Crippen LogP contribution in [0.15, 0.2) is 23.1 Å². The Kier molecular flexibility index (Phi) is 3.05. The van der Waals surface area contributed by atoms with E-state index in [0.717, 1.165) is 10.8 Å². The third kappa shape index (κ3) is 1.79. The Morgan fingerprint density at radius 1 is 1.36 bits per heavy atom. The molecule has 0 bridgehead atoms. The standard InChI is InChI=1S/C11H11ClS2/c1-3-7-4-9(13-2)5-8-6-10(12)14-11(7)8/h4-6H,3H2,1-2H3. The number of benzene rings is 1. The molecule has 1 aromatic carbocycles. The first kappa shape index (κ1) is 10.3. The van der Waals surface area contributed by atoms with Gasteiger partial charge in [-0.3, -0.25) is 0 Å². The average Bonchev–Trinajstić information content (AvgIpc) is 2.56. The molecule has 0 nitrogen and oxygen atoms in total. The van der Waals surface area contributed by atoms with Gasteiger partial charge in [0.05, 0.1) is 4.34 Å². The summed E-state index contributed by atoms with van der Waals surface area (Å²) in [6, 6.07) is 6.53. The molecule has 3 heteroatoms. The molecule has 0 unspecified atom stereocenters. The maximum absolute atomic E-state index is 6.02. The molecule has 74 valence electrons. The molecular formula is C11H11ClS2. The second-order valence-electron chi connectivity index (χ2n) is 3.11. The van der Waals surface area contributed by atoms with Crippen LogP contribution in [0.4, 0.5) is 0 Å². The van der Waals surface area contributed by atoms with Crippen molar-refractivity contribution in [3.8, 4) is 0 Å². The van der Waals surface area contributed by atoms with E-state index in [2.05, 4.69) is 31.4 Å². The number of halogens is 1. The van der Waals surface area contributed by atoms with Crippen molar-refractivity contribution < 1.29 is 0 Å². The van der Waals surface area contributed by atoms with Crippen molar-refractivity contribution >= 4 is 44.8 Å². The van der Waals surface area contributed by atoms with Gasteiger partial charge in [-0.1, -0.05) is 18.5 Å². The van der Waals surface area contributed by atoms with E-state index < -0.39 is 0 Å². The van der Waals surface area contributed by atoms with Crippen LogP contribution >= 0.6 is 34.7 Å². The second-order valence-corrected chi connectivity index (χ2v) is 5.67. The van der Waals surface area contributed by atoms with Gasteiger partial charge in [-0.25, -0.2) is 0 Å². The lowest BCUT2D eigenvalue weighted by Gasteiger charge is -2.02. The van der Waals surface area contributed by atoms with E-state index in [0.29, 0.717) is 0 Å². The highest BCUT2D eigenvalue weighted by Gasteiger charge is 2.06. The molecule has 2 aromatic rings. The molecule has 0 N–H and O–H groups in total. The van der Waals surface area contributed by atoms with Gasteiger partial charge in [0, 0.05) is 9.60 Å². The summed E-state index contributed by atoms with van der Waals surface area (Å²) in [6.45, 7) is 2.19. The van der Waals surface area contributed by atoms with E-state index in [9.17, 15) is 0 Å². The van der Waals surface area contributed by atoms with E-state index in [-0.39, 0.29) is 0 Å². The third-order valence-electron chi connectivity index (χ3n) is 2.25. The second kappa shape index (κ2) is 4.13. The van der Waals surface area contributed by atoms with Crippen molar-refractivity contribution in [2.75, 3.05) is 6.26 Å². The van der Waals surface area contributed by atoms with Crippen LogP contribution < -0.4 is 0 Å². The lowest BCUT2D eigenvalue weighted by molar-refractivity contribution is 1.15. The number of fused-ring (bicyclic) bond motifs is 1. The summed E-state index contributed by atoms with van der Waals surface area (Å²) < 4.78 is 2.23. The molecule has 0 saturated heterocycles. The van der Waals surface area contributed by atoms with Gasteiger partial charge in [0.25, 0.3) is 0 Å². The zero-order valence-corrected chi connectivity index (χ0v) is 10.5. The van der Waals surface area contributed by atoms with E-state index >= 15 is 0 Å². The van der Waals surface area contributed by atoms with Crippen LogP contribution in [0.5, 0.6) is 0 Å². The zero-order chi connectivity index (χ0) is 10.1. The van der Waals surface area contributed by atoms with Gasteiger partial charge < -0.3 is 0 Å². The number of rotatable bonds is 2. The summed E-state index contributed by atoms with van der Waals surface area (Å²) in [5.41, 5.74) is 1.41. The first-order valence-corrected chi connectivity index (χ1v) is 6.92. The van der Waals surface area contributed by atoms with Crippen LogP contribution in [0.25, 0.3) is 10.1 Å². The lowest BCUT2D eigenvalue weighted by Crippen LogP contribution is -1.81. The largest absolute Gasteiger partial charge is 0.130 e. The molecule has 0 radical (unpaired) electrons. The van der Waals surface area contributed by atoms with E-state index in [4.69, 9.17) is 11.6 Å². The summed E-state index contributed by atoms with van der Waals surface area (Å²) in [4.78, 5) is 1.32. The lowest BCUT2D eigenvalue weighted by atomic mass is 10.1. The number of hydrogen-bond donors (Lipinski definition) is 0. The van der Waals surface area contributed by atoms with Gasteiger partial charge in [-0.15, -0.1) is 23.1 Å². The average molecular weight is 243 g/mol. The van der Waals surface area contributed by atoms with Crippen LogP contribution in [0, 0.1) is 0 Å². The first-order chi connectivity index (χ1) is 6.74. The normalized spacial score (nSPS) is 11.1. The third-order valence-corrected chi connectivity index (χ3v) is 4.32. The number of aryl methyl sites for hydroxylation is 1. The van der Waals surface area contributed by atoms with Gasteiger partial charge in [-0.2, -0.15) is 0 Å². The molecule has 0 amide bonds. The minimum Gasteiger partial charge on any atom is -0.130 e. The van der Waals surface area contributed by atoms with Crippen molar-refractivity contribution in [2.24, 2.45) is 0 Å². The molecule has 0 saturated carbocycles. The summed E-state index contributed by atoms with van der Waals surface area (Å²) in [5, 5.41) is 1.28. The van der Waals surface area contributed by atoms with Gasteiger partial charge in [0.2, 0.25) is 0 Å². The maximum Gasteiger partial charge on any atom is 0.0940 e. The molecule has 0 spiro atoms. The minimum atomic E-state index is 0.882. The predicted molar refractivity (Wildman–Crippen MR) is 68.0 cm³/mol. The molecule has 0 aliphatic heterocycles. The van der Waals surface area contributed by atoms with Gasteiger partial charge in [0.15, 0.2) is 0 Å². The number of thiophene rings is 1. The smallest absolute Gasteiger partial charge is 0.0940 e. The maximum atomic E-state index is 6.02. The molecule has 0 atom stereocenters. The number of thioether (sulfide) groups is 1. The highest BCUT2D eigenvalue weighted by Crippen LogP contribution is 2.35. The van der Waals surface area contributed by atoms with Crippen molar-refractivity contribution in [1.82, 2.24) is 0 Å². The Morgan fingerprint density at radius 2 is 2.14 bits per heavy atom. The van der Waals surface area contributed by atoms with E-state index in [1.54, 1.807) is 23.1 Å². The first-order valence-electron chi connectivity index (χ1n) is 4.50. The van der Waals surface area contributed by atoms with Crippen molar-refractivity contribution in [3.63, 3.8) is 0 Å². The SMILES string of the molecule is CCc1cc(SC)cc2cc(Cl)sc12. The molecular weight excluding hydrogens is 232 g/mol. The molecule has 2 rings (SSSR count). The fraction of sp³-hybridized carbons (Fsp3) is 0.273. The topological polar surface area (TPSA) is 0 Å². The van der Waals surface area contributed by atoms with E-state index in [1.807, 2.05) is 0 Å². The highest BCUT2D eigenvalue weighted by molar-refractivity contribution is 7.98. The van der Waals surface area contributed by atoms with Gasteiger partial charge in [0.1, 0.15) is 0 Å². The van der Waals surface area contributed by atoms with Crippen LogP contribution in [0.2, 0.25) is 4.34 Å². The predicted octanol–water partition coefficient (Wildman–Crippen LogP) is 4.84. The molecule has 1 aromatic heterocycles. The fourth-order valence-corrected chi connectivity index (χ4v) is 3.35. The Labute approximate surface area is 97.3 Å². The monoisotopic (exact) mass is 242 g/mol. The summed E-state index contributed by atoms with van der Waals surface area (Å²) in [5.74, 6) is 0. The van der Waals surface area contributed by atoms with Crippen LogP contribution in [0.3, 0.4) is 0 Å². The van der Waals surface area contributed by atoms with Crippen molar-refractivity contribution in [3.05, 3.63) is 28.1 Å².